The number of aromatic nitrogens is 1. The predicted molar refractivity (Wildman–Crippen MR) is 125 cm³/mol. The molecule has 12 nitrogen and oxygen atoms in total. The number of carbonyl (C=O) groups is 4. The zero-order valence-electron chi connectivity index (χ0n) is 18.5. The van der Waals surface area contributed by atoms with E-state index in [1.54, 1.807) is 20.8 Å². The monoisotopic (exact) mass is 531 g/mol. The van der Waals surface area contributed by atoms with E-state index >= 15 is 0 Å². The number of ether oxygens (including phenoxy) is 1. The van der Waals surface area contributed by atoms with Gasteiger partial charge in [-0.05, 0) is 33.8 Å². The average Bonchev–Trinajstić information content (AvgIpc) is 3.07. The molecule has 0 saturated carbocycles. The standard InChI is InChI=1S/C19H22ClN5O7S2/c1-7(17(30)31-19(2,3)4)32-24-10(9-12(20)34-18(21)23-9)13(26)22-11-14(27)25-8(16(28)29)5-6-33-15(11)25/h5,7,11,15H,6H2,1-4H3,(H2,21,23)(H,22,26)(H,28,29)/b24-10+/t7?,11?,15-/m1/s1. The predicted octanol–water partition coefficient (Wildman–Crippen LogP) is 1.20. The summed E-state index contributed by atoms with van der Waals surface area (Å²) in [5, 5.41) is 15.0. The van der Waals surface area contributed by atoms with Crippen LogP contribution in [0.2, 0.25) is 4.34 Å². The normalized spacial score (nSPS) is 21.1. The molecule has 1 saturated heterocycles. The fraction of sp³-hybridized carbons (Fsp3) is 0.474. The van der Waals surface area contributed by atoms with Gasteiger partial charge in [0.25, 0.3) is 11.8 Å². The van der Waals surface area contributed by atoms with Crippen LogP contribution in [0.3, 0.4) is 0 Å². The van der Waals surface area contributed by atoms with Gasteiger partial charge in [0.05, 0.1) is 0 Å². The van der Waals surface area contributed by atoms with Crippen LogP contribution >= 0.6 is 34.7 Å². The number of thiazole rings is 1. The van der Waals surface area contributed by atoms with Crippen LogP contribution in [0.1, 0.15) is 33.4 Å². The fourth-order valence-electron chi connectivity index (χ4n) is 2.96. The lowest BCUT2D eigenvalue weighted by Gasteiger charge is -2.48. The lowest BCUT2D eigenvalue weighted by Crippen LogP contribution is -2.70. The third-order valence-electron chi connectivity index (χ3n) is 4.43. The number of esters is 1. The molecule has 3 atom stereocenters. The van der Waals surface area contributed by atoms with Gasteiger partial charge in [0, 0.05) is 5.75 Å². The smallest absolute Gasteiger partial charge is 0.352 e. The number of aliphatic carboxylic acids is 1. The quantitative estimate of drug-likeness (QED) is 0.201. The number of carbonyl (C=O) groups excluding carboxylic acids is 3. The first-order valence-electron chi connectivity index (χ1n) is 9.88. The van der Waals surface area contributed by atoms with E-state index in [1.165, 1.54) is 24.8 Å². The molecule has 1 aromatic rings. The summed E-state index contributed by atoms with van der Waals surface area (Å²) in [5.41, 5.74) is 4.27. The van der Waals surface area contributed by atoms with Gasteiger partial charge in [0.2, 0.25) is 6.10 Å². The number of fused-ring (bicyclic) bond motifs is 1. The van der Waals surface area contributed by atoms with Gasteiger partial charge in [-0.1, -0.05) is 28.1 Å². The average molecular weight is 532 g/mol. The Labute approximate surface area is 207 Å². The van der Waals surface area contributed by atoms with E-state index in [-0.39, 0.29) is 20.9 Å². The molecule has 2 aliphatic heterocycles. The number of oxime groups is 1. The van der Waals surface area contributed by atoms with Crippen LogP contribution in [-0.2, 0) is 28.8 Å². The molecular weight excluding hydrogens is 510 g/mol. The number of nitrogen functional groups attached to an aromatic ring is 1. The third-order valence-corrected chi connectivity index (χ3v) is 6.70. The first kappa shape index (κ1) is 25.8. The lowest BCUT2D eigenvalue weighted by atomic mass is 10.0. The molecule has 4 N–H and O–H groups in total. The minimum atomic E-state index is -1.24. The van der Waals surface area contributed by atoms with Crippen LogP contribution in [0.15, 0.2) is 16.9 Å². The molecule has 1 aromatic heterocycles. The molecule has 34 heavy (non-hydrogen) atoms. The second kappa shape index (κ2) is 9.80. The molecule has 0 bridgehead atoms. The summed E-state index contributed by atoms with van der Waals surface area (Å²) in [5.74, 6) is -3.05. The topological polar surface area (TPSA) is 174 Å². The summed E-state index contributed by atoms with van der Waals surface area (Å²) >= 11 is 8.33. The van der Waals surface area contributed by atoms with Crippen molar-refractivity contribution in [2.24, 2.45) is 5.16 Å². The SMILES string of the molecule is CC(O/N=C(/C(=O)NC1C(=O)N2C(C(=O)O)=CCS[C@H]12)c1nc(N)sc1Cl)C(=O)OC(C)(C)C. The van der Waals surface area contributed by atoms with Crippen LogP contribution in [0.5, 0.6) is 0 Å². The molecule has 0 spiro atoms. The van der Waals surface area contributed by atoms with Crippen molar-refractivity contribution in [1.82, 2.24) is 15.2 Å². The zero-order valence-corrected chi connectivity index (χ0v) is 20.9. The van der Waals surface area contributed by atoms with Crippen molar-refractivity contribution in [3.8, 4) is 0 Å². The molecule has 3 heterocycles. The lowest BCUT2D eigenvalue weighted by molar-refractivity contribution is -0.167. The number of β-lactam (4-membered cyclic amide) rings is 1. The molecule has 184 valence electrons. The maximum atomic E-state index is 13.1. The zero-order chi connectivity index (χ0) is 25.4. The number of hydrogen-bond donors (Lipinski definition) is 3. The van der Waals surface area contributed by atoms with E-state index in [0.717, 1.165) is 16.2 Å². The number of hydrogen-bond acceptors (Lipinski definition) is 11. The van der Waals surface area contributed by atoms with Crippen molar-refractivity contribution in [1.29, 1.82) is 0 Å². The summed E-state index contributed by atoms with van der Waals surface area (Å²) in [6.07, 6.45) is 0.255. The first-order valence-corrected chi connectivity index (χ1v) is 12.1. The van der Waals surface area contributed by atoms with E-state index in [0.29, 0.717) is 5.75 Å². The van der Waals surface area contributed by atoms with E-state index in [9.17, 15) is 24.3 Å². The van der Waals surface area contributed by atoms with E-state index in [4.69, 9.17) is 26.9 Å². The van der Waals surface area contributed by atoms with Gasteiger partial charge in [0.1, 0.15) is 32.7 Å². The Bertz CT molecular complexity index is 1100. The van der Waals surface area contributed by atoms with Crippen LogP contribution in [-0.4, -0.2) is 73.3 Å². The van der Waals surface area contributed by atoms with Gasteiger partial charge in [-0.15, -0.1) is 11.8 Å². The maximum absolute atomic E-state index is 13.1. The van der Waals surface area contributed by atoms with Crippen LogP contribution in [0.25, 0.3) is 0 Å². The van der Waals surface area contributed by atoms with E-state index in [1.807, 2.05) is 0 Å². The number of carboxylic acids is 1. The maximum Gasteiger partial charge on any atom is 0.352 e. The van der Waals surface area contributed by atoms with Crippen molar-refractivity contribution in [3.63, 3.8) is 0 Å². The first-order chi connectivity index (χ1) is 15.8. The number of rotatable bonds is 7. The molecule has 3 rings (SSSR count). The molecule has 0 radical (unpaired) electrons. The van der Waals surface area contributed by atoms with Gasteiger partial charge in [-0.3, -0.25) is 14.5 Å². The second-order valence-electron chi connectivity index (χ2n) is 8.17. The molecule has 15 heteroatoms. The minimum absolute atomic E-state index is 0.0459. The number of thioether (sulfide) groups is 1. The number of halogens is 1. The van der Waals surface area contributed by atoms with E-state index in [2.05, 4.69) is 15.5 Å². The number of carboxylic acid groups (broad SMARTS) is 1. The largest absolute Gasteiger partial charge is 0.477 e. The molecule has 1 fully saturated rings. The summed E-state index contributed by atoms with van der Waals surface area (Å²) < 4.78 is 5.27. The van der Waals surface area contributed by atoms with Gasteiger partial charge in [0.15, 0.2) is 10.8 Å². The second-order valence-corrected chi connectivity index (χ2v) is 11.0. The molecule has 2 unspecified atom stereocenters. The Kier molecular flexibility index (Phi) is 7.43. The molecular formula is C19H22ClN5O7S2. The minimum Gasteiger partial charge on any atom is -0.477 e. The molecule has 2 amide bonds. The van der Waals surface area contributed by atoms with Crippen molar-refractivity contribution in [3.05, 3.63) is 21.8 Å². The molecule has 0 aromatic carbocycles. The van der Waals surface area contributed by atoms with Crippen LogP contribution < -0.4 is 11.1 Å². The van der Waals surface area contributed by atoms with Gasteiger partial charge in [-0.25, -0.2) is 14.6 Å². The number of nitrogens with one attached hydrogen (secondary N) is 1. The highest BCUT2D eigenvalue weighted by Gasteiger charge is 2.53. The van der Waals surface area contributed by atoms with Crippen LogP contribution in [0.4, 0.5) is 5.13 Å². The fourth-order valence-corrected chi connectivity index (χ4v) is 5.09. The summed E-state index contributed by atoms with van der Waals surface area (Å²) in [4.78, 5) is 59.5. The highest BCUT2D eigenvalue weighted by molar-refractivity contribution is 8.00. The summed E-state index contributed by atoms with van der Waals surface area (Å²) in [6.45, 7) is 6.44. The number of amides is 2. The number of anilines is 1. The molecule has 2 aliphatic rings. The van der Waals surface area contributed by atoms with Crippen molar-refractivity contribution >= 4 is 69.3 Å². The Morgan fingerprint density at radius 2 is 2.09 bits per heavy atom. The number of nitrogens with zero attached hydrogens (tertiary/aromatic N) is 3. The Balaban J connectivity index is 1.80. The van der Waals surface area contributed by atoms with E-state index < -0.39 is 52.6 Å². The third kappa shape index (κ3) is 5.45. The van der Waals surface area contributed by atoms with Crippen LogP contribution in [0, 0.1) is 0 Å². The molecule has 0 aliphatic carbocycles. The summed E-state index contributed by atoms with van der Waals surface area (Å²) in [6, 6.07) is -1.01. The highest BCUT2D eigenvalue weighted by Crippen LogP contribution is 2.37. The van der Waals surface area contributed by atoms with Gasteiger partial charge in [-0.2, -0.15) is 0 Å². The Morgan fingerprint density at radius 1 is 1.41 bits per heavy atom. The Hall–Kier alpha value is -2.84. The Morgan fingerprint density at radius 3 is 2.65 bits per heavy atom. The van der Waals surface area contributed by atoms with Crippen molar-refractivity contribution in [2.75, 3.05) is 11.5 Å². The highest BCUT2D eigenvalue weighted by atomic mass is 35.5. The number of nitrogens with two attached hydrogens (primary N) is 1. The van der Waals surface area contributed by atoms with Gasteiger partial charge < -0.3 is 25.7 Å². The summed E-state index contributed by atoms with van der Waals surface area (Å²) in [7, 11) is 0. The van der Waals surface area contributed by atoms with Crippen molar-refractivity contribution in [2.45, 2.75) is 50.8 Å². The van der Waals surface area contributed by atoms with Crippen molar-refractivity contribution < 1.29 is 33.9 Å². The van der Waals surface area contributed by atoms with Gasteiger partial charge >= 0.3 is 11.9 Å².